The van der Waals surface area contributed by atoms with E-state index in [0.29, 0.717) is 62.7 Å². The van der Waals surface area contributed by atoms with E-state index in [2.05, 4.69) is 5.32 Å². The highest BCUT2D eigenvalue weighted by Gasteiger charge is 2.35. The first kappa shape index (κ1) is 25.0. The number of nitrogens with one attached hydrogen (secondary N) is 1. The first-order valence-electron chi connectivity index (χ1n) is 11.8. The van der Waals surface area contributed by atoms with E-state index in [4.69, 9.17) is 4.74 Å². The quantitative estimate of drug-likeness (QED) is 0.482. The molecule has 2 fully saturated rings. The molecule has 11 heteroatoms. The van der Waals surface area contributed by atoms with E-state index in [1.807, 2.05) is 4.90 Å². The molecule has 2 heterocycles. The van der Waals surface area contributed by atoms with Gasteiger partial charge >= 0.3 is 0 Å². The number of hydrogen-bond acceptors (Lipinski definition) is 7. The highest BCUT2D eigenvalue weighted by molar-refractivity contribution is 6.02. The Bertz CT molecular complexity index is 1160. The Morgan fingerprint density at radius 1 is 1.03 bits per heavy atom. The van der Waals surface area contributed by atoms with Crippen molar-refractivity contribution in [1.82, 2.24) is 9.80 Å². The maximum absolute atomic E-state index is 13.3. The van der Waals surface area contributed by atoms with Gasteiger partial charge in [0.1, 0.15) is 17.5 Å². The number of rotatable bonds is 6. The van der Waals surface area contributed by atoms with Crippen molar-refractivity contribution in [2.24, 2.45) is 0 Å². The number of nitro groups is 1. The van der Waals surface area contributed by atoms with Gasteiger partial charge < -0.3 is 24.8 Å². The van der Waals surface area contributed by atoms with Crippen LogP contribution in [0.1, 0.15) is 30.1 Å². The summed E-state index contributed by atoms with van der Waals surface area (Å²) in [6.45, 7) is 3.78. The van der Waals surface area contributed by atoms with Crippen molar-refractivity contribution in [2.75, 3.05) is 50.1 Å². The van der Waals surface area contributed by atoms with Crippen LogP contribution < -0.4 is 15.0 Å². The molecule has 2 saturated heterocycles. The van der Waals surface area contributed by atoms with Crippen LogP contribution in [-0.4, -0.2) is 78.3 Å². The van der Waals surface area contributed by atoms with Crippen LogP contribution in [0.2, 0.25) is 0 Å². The van der Waals surface area contributed by atoms with Gasteiger partial charge in [0.05, 0.1) is 12.0 Å². The van der Waals surface area contributed by atoms with Crippen molar-refractivity contribution >= 4 is 34.8 Å². The number of hydrogen-bond donors (Lipinski definition) is 1. The molecule has 2 aromatic carbocycles. The van der Waals surface area contributed by atoms with Crippen LogP contribution in [0.4, 0.5) is 17.1 Å². The number of benzene rings is 2. The third-order valence-electron chi connectivity index (χ3n) is 6.66. The lowest BCUT2D eigenvalue weighted by molar-refractivity contribution is -0.384. The van der Waals surface area contributed by atoms with E-state index in [-0.39, 0.29) is 23.1 Å². The van der Waals surface area contributed by atoms with Crippen LogP contribution in [0.3, 0.4) is 0 Å². The molecular formula is C25H29N5O6. The Labute approximate surface area is 208 Å². The van der Waals surface area contributed by atoms with Crippen molar-refractivity contribution in [1.29, 1.82) is 0 Å². The second-order valence-corrected chi connectivity index (χ2v) is 8.83. The van der Waals surface area contributed by atoms with Gasteiger partial charge in [-0.05, 0) is 49.2 Å². The molecule has 1 N–H and O–H groups in total. The zero-order valence-electron chi connectivity index (χ0n) is 20.3. The summed E-state index contributed by atoms with van der Waals surface area (Å²) in [5, 5.41) is 14.7. The smallest absolute Gasteiger partial charge is 0.293 e. The lowest BCUT2D eigenvalue weighted by Crippen LogP contribution is -2.48. The van der Waals surface area contributed by atoms with Gasteiger partial charge in [-0.15, -0.1) is 0 Å². The zero-order valence-corrected chi connectivity index (χ0v) is 20.3. The lowest BCUT2D eigenvalue weighted by Gasteiger charge is -2.35. The van der Waals surface area contributed by atoms with Crippen LogP contribution in [0, 0.1) is 10.1 Å². The van der Waals surface area contributed by atoms with E-state index in [1.165, 1.54) is 17.9 Å². The molecule has 36 heavy (non-hydrogen) atoms. The van der Waals surface area contributed by atoms with E-state index in [0.717, 1.165) is 0 Å². The Morgan fingerprint density at radius 3 is 2.33 bits per heavy atom. The summed E-state index contributed by atoms with van der Waals surface area (Å²) in [7, 11) is 1.56. The van der Waals surface area contributed by atoms with Crippen molar-refractivity contribution in [3.63, 3.8) is 0 Å². The van der Waals surface area contributed by atoms with Gasteiger partial charge in [-0.2, -0.15) is 0 Å². The Kier molecular flexibility index (Phi) is 7.37. The number of likely N-dealkylation sites (tertiary alicyclic amines) is 1. The molecule has 1 unspecified atom stereocenters. The third kappa shape index (κ3) is 5.24. The largest absolute Gasteiger partial charge is 0.497 e. The van der Waals surface area contributed by atoms with Gasteiger partial charge in [0.15, 0.2) is 0 Å². The molecular weight excluding hydrogens is 466 g/mol. The molecule has 4 rings (SSSR count). The number of nitro benzene ring substituents is 1. The number of nitrogens with zero attached hydrogens (tertiary/aromatic N) is 4. The van der Waals surface area contributed by atoms with E-state index < -0.39 is 16.9 Å². The second-order valence-electron chi connectivity index (χ2n) is 8.83. The van der Waals surface area contributed by atoms with Crippen molar-refractivity contribution in [2.45, 2.75) is 25.8 Å². The highest BCUT2D eigenvalue weighted by Crippen LogP contribution is 2.32. The molecule has 3 amide bonds. The number of anilines is 2. The fraction of sp³-hybridized carbons (Fsp3) is 0.400. The molecule has 0 aliphatic carbocycles. The van der Waals surface area contributed by atoms with Crippen LogP contribution in [0.15, 0.2) is 42.5 Å². The van der Waals surface area contributed by atoms with Gasteiger partial charge in [0.2, 0.25) is 11.8 Å². The minimum Gasteiger partial charge on any atom is -0.497 e. The maximum atomic E-state index is 13.3. The Morgan fingerprint density at radius 2 is 1.72 bits per heavy atom. The summed E-state index contributed by atoms with van der Waals surface area (Å²) >= 11 is 0. The van der Waals surface area contributed by atoms with Crippen LogP contribution in [-0.2, 0) is 9.59 Å². The summed E-state index contributed by atoms with van der Waals surface area (Å²) in [4.78, 5) is 54.3. The van der Waals surface area contributed by atoms with Gasteiger partial charge in [0.25, 0.3) is 11.6 Å². The summed E-state index contributed by atoms with van der Waals surface area (Å²) in [6.07, 6.45) is 1.17. The molecule has 0 radical (unpaired) electrons. The number of ether oxygens (including phenoxy) is 1. The van der Waals surface area contributed by atoms with Gasteiger partial charge in [-0.1, -0.05) is 0 Å². The Balaban J connectivity index is 1.49. The van der Waals surface area contributed by atoms with E-state index in [1.54, 1.807) is 48.4 Å². The van der Waals surface area contributed by atoms with Crippen molar-refractivity contribution in [3.05, 3.63) is 58.1 Å². The predicted octanol–water partition coefficient (Wildman–Crippen LogP) is 2.52. The van der Waals surface area contributed by atoms with Crippen molar-refractivity contribution < 1.29 is 24.0 Å². The minimum atomic E-state index is -0.669. The number of amides is 3. The SMILES string of the molecule is COc1ccc(NC(=O)C2CCCN2C(=O)c2ccc(N3CCN(C(C)=O)CC3)c([N+](=O)[O-])c2)cc1. The first-order chi connectivity index (χ1) is 17.3. The molecule has 190 valence electrons. The molecule has 2 aliphatic heterocycles. The van der Waals surface area contributed by atoms with Gasteiger partial charge in [-0.3, -0.25) is 24.5 Å². The summed E-state index contributed by atoms with van der Waals surface area (Å²) < 4.78 is 5.13. The summed E-state index contributed by atoms with van der Waals surface area (Å²) in [5.41, 5.74) is 0.993. The Hall–Kier alpha value is -4.15. The molecule has 11 nitrogen and oxygen atoms in total. The topological polar surface area (TPSA) is 125 Å². The molecule has 0 saturated carbocycles. The van der Waals surface area contributed by atoms with E-state index >= 15 is 0 Å². The predicted molar refractivity (Wildman–Crippen MR) is 133 cm³/mol. The molecule has 1 atom stereocenters. The zero-order chi connectivity index (χ0) is 25.8. The van der Waals surface area contributed by atoms with Crippen LogP contribution in [0.5, 0.6) is 5.75 Å². The molecule has 0 aromatic heterocycles. The number of carbonyl (C=O) groups is 3. The second kappa shape index (κ2) is 10.6. The first-order valence-corrected chi connectivity index (χ1v) is 11.8. The number of carbonyl (C=O) groups excluding carboxylic acids is 3. The van der Waals surface area contributed by atoms with Crippen LogP contribution >= 0.6 is 0 Å². The fourth-order valence-corrected chi connectivity index (χ4v) is 4.68. The molecule has 0 spiro atoms. The molecule has 2 aromatic rings. The molecule has 0 bridgehead atoms. The van der Waals surface area contributed by atoms with Crippen molar-refractivity contribution in [3.8, 4) is 5.75 Å². The summed E-state index contributed by atoms with van der Waals surface area (Å²) in [5.74, 6) is -0.0864. The average Bonchev–Trinajstić information content (AvgIpc) is 3.38. The standard InChI is InChI=1S/C25H29N5O6/c1-17(31)27-12-14-28(15-13-27)21-10-5-18(16-23(21)30(34)35)25(33)29-11-3-4-22(29)24(32)26-19-6-8-20(36-2)9-7-19/h5-10,16,22H,3-4,11-15H2,1-2H3,(H,26,32). The fourth-order valence-electron chi connectivity index (χ4n) is 4.68. The highest BCUT2D eigenvalue weighted by atomic mass is 16.6. The normalized spacial score (nSPS) is 17.6. The number of methoxy groups -OCH3 is 1. The third-order valence-corrected chi connectivity index (χ3v) is 6.66. The summed E-state index contributed by atoms with van der Waals surface area (Å²) in [6, 6.07) is 10.7. The number of piperazine rings is 1. The monoisotopic (exact) mass is 495 g/mol. The minimum absolute atomic E-state index is 0.0266. The van der Waals surface area contributed by atoms with Crippen LogP contribution in [0.25, 0.3) is 0 Å². The van der Waals surface area contributed by atoms with Gasteiger partial charge in [-0.25, -0.2) is 0 Å². The van der Waals surface area contributed by atoms with Gasteiger partial charge in [0, 0.05) is 57.0 Å². The lowest BCUT2D eigenvalue weighted by atomic mass is 10.1. The molecule has 2 aliphatic rings. The van der Waals surface area contributed by atoms with E-state index in [9.17, 15) is 24.5 Å². The average molecular weight is 496 g/mol. The maximum Gasteiger partial charge on any atom is 0.293 e.